The van der Waals surface area contributed by atoms with Crippen molar-refractivity contribution in [2.75, 3.05) is 31.6 Å². The molecular formula is C17H18N6O2. The van der Waals surface area contributed by atoms with E-state index in [1.807, 2.05) is 18.2 Å². The van der Waals surface area contributed by atoms with Crippen molar-refractivity contribution < 1.29 is 9.53 Å². The number of nitrogens with one attached hydrogen (secondary N) is 1. The standard InChI is InChI=1S/C17H18N6O2/c24-16(15-20-17-18-5-2-6-23(17)21-15)19-14-4-1-3-13(11-14)12-22-7-9-25-10-8-22/h1-6,11H,7-10,12H2,(H,19,24). The molecule has 0 saturated carbocycles. The van der Waals surface area contributed by atoms with Crippen LogP contribution in [0.2, 0.25) is 0 Å². The molecule has 0 atom stereocenters. The van der Waals surface area contributed by atoms with Crippen LogP contribution in [0.1, 0.15) is 16.2 Å². The molecule has 2 aromatic heterocycles. The Hall–Kier alpha value is -2.84. The summed E-state index contributed by atoms with van der Waals surface area (Å²) in [7, 11) is 0. The van der Waals surface area contributed by atoms with Crippen LogP contribution in [0.15, 0.2) is 42.7 Å². The fourth-order valence-corrected chi connectivity index (χ4v) is 2.78. The number of benzene rings is 1. The second-order valence-electron chi connectivity index (χ2n) is 5.84. The maximum absolute atomic E-state index is 12.4. The molecule has 0 aliphatic carbocycles. The smallest absolute Gasteiger partial charge is 0.295 e. The number of ether oxygens (including phenoxy) is 1. The van der Waals surface area contributed by atoms with Crippen molar-refractivity contribution in [3.8, 4) is 0 Å². The molecule has 0 spiro atoms. The van der Waals surface area contributed by atoms with Gasteiger partial charge < -0.3 is 10.1 Å². The van der Waals surface area contributed by atoms with Crippen LogP contribution in [0, 0.1) is 0 Å². The van der Waals surface area contributed by atoms with Gasteiger partial charge in [0.25, 0.3) is 11.7 Å². The van der Waals surface area contributed by atoms with E-state index < -0.39 is 0 Å². The number of fused-ring (bicyclic) bond motifs is 1. The Morgan fingerprint density at radius 2 is 2.12 bits per heavy atom. The van der Waals surface area contributed by atoms with Crippen molar-refractivity contribution in [2.45, 2.75) is 6.54 Å². The average Bonchev–Trinajstić information content (AvgIpc) is 3.07. The van der Waals surface area contributed by atoms with Crippen LogP contribution >= 0.6 is 0 Å². The predicted octanol–water partition coefficient (Wildman–Crippen LogP) is 1.21. The second kappa shape index (κ2) is 6.96. The van der Waals surface area contributed by atoms with E-state index in [1.54, 1.807) is 18.5 Å². The average molecular weight is 338 g/mol. The maximum atomic E-state index is 12.4. The molecule has 1 aromatic carbocycles. The Kier molecular flexibility index (Phi) is 4.36. The van der Waals surface area contributed by atoms with E-state index in [4.69, 9.17) is 4.74 Å². The van der Waals surface area contributed by atoms with Crippen LogP contribution in [0.5, 0.6) is 0 Å². The maximum Gasteiger partial charge on any atom is 0.295 e. The lowest BCUT2D eigenvalue weighted by molar-refractivity contribution is 0.0342. The Morgan fingerprint density at radius 3 is 2.96 bits per heavy atom. The van der Waals surface area contributed by atoms with E-state index in [0.29, 0.717) is 5.78 Å². The number of carbonyl (C=O) groups excluding carboxylic acids is 1. The van der Waals surface area contributed by atoms with Crippen molar-refractivity contribution in [2.24, 2.45) is 0 Å². The van der Waals surface area contributed by atoms with Crippen LogP contribution in [-0.4, -0.2) is 56.7 Å². The minimum absolute atomic E-state index is 0.0947. The highest BCUT2D eigenvalue weighted by Gasteiger charge is 2.14. The van der Waals surface area contributed by atoms with Gasteiger partial charge in [-0.05, 0) is 23.8 Å². The molecule has 128 valence electrons. The van der Waals surface area contributed by atoms with E-state index >= 15 is 0 Å². The molecule has 8 nitrogen and oxygen atoms in total. The molecule has 0 bridgehead atoms. The van der Waals surface area contributed by atoms with E-state index in [1.165, 1.54) is 4.52 Å². The van der Waals surface area contributed by atoms with Crippen molar-refractivity contribution in [3.63, 3.8) is 0 Å². The summed E-state index contributed by atoms with van der Waals surface area (Å²) in [5.41, 5.74) is 1.87. The highest BCUT2D eigenvalue weighted by atomic mass is 16.5. The quantitative estimate of drug-likeness (QED) is 0.770. The van der Waals surface area contributed by atoms with Crippen LogP contribution in [0.4, 0.5) is 5.69 Å². The first-order valence-corrected chi connectivity index (χ1v) is 8.16. The third-order valence-corrected chi connectivity index (χ3v) is 4.01. The van der Waals surface area contributed by atoms with Gasteiger partial charge in [0.1, 0.15) is 0 Å². The minimum Gasteiger partial charge on any atom is -0.379 e. The van der Waals surface area contributed by atoms with Gasteiger partial charge in [0.05, 0.1) is 13.2 Å². The first kappa shape index (κ1) is 15.7. The Balaban J connectivity index is 1.46. The van der Waals surface area contributed by atoms with Gasteiger partial charge >= 0.3 is 0 Å². The van der Waals surface area contributed by atoms with Crippen LogP contribution in [-0.2, 0) is 11.3 Å². The zero-order valence-electron chi connectivity index (χ0n) is 13.6. The molecule has 1 aliphatic rings. The second-order valence-corrected chi connectivity index (χ2v) is 5.84. The van der Waals surface area contributed by atoms with E-state index in [2.05, 4.69) is 31.3 Å². The van der Waals surface area contributed by atoms with E-state index in [0.717, 1.165) is 44.1 Å². The van der Waals surface area contributed by atoms with Gasteiger partial charge in [0.15, 0.2) is 0 Å². The summed E-state index contributed by atoms with van der Waals surface area (Å²) in [4.78, 5) is 22.9. The Morgan fingerprint density at radius 1 is 1.24 bits per heavy atom. The largest absolute Gasteiger partial charge is 0.379 e. The zero-order chi connectivity index (χ0) is 17.1. The summed E-state index contributed by atoms with van der Waals surface area (Å²) in [5.74, 6) is 0.139. The monoisotopic (exact) mass is 338 g/mol. The minimum atomic E-state index is -0.353. The fourth-order valence-electron chi connectivity index (χ4n) is 2.78. The predicted molar refractivity (Wildman–Crippen MR) is 91.3 cm³/mol. The third kappa shape index (κ3) is 3.65. The Bertz CT molecular complexity index is 854. The van der Waals surface area contributed by atoms with Gasteiger partial charge in [-0.1, -0.05) is 12.1 Å². The van der Waals surface area contributed by atoms with Gasteiger partial charge in [-0.15, -0.1) is 5.10 Å². The van der Waals surface area contributed by atoms with Crippen molar-refractivity contribution in [1.29, 1.82) is 0 Å². The van der Waals surface area contributed by atoms with Gasteiger partial charge in [0, 0.05) is 37.7 Å². The molecule has 8 heteroatoms. The van der Waals surface area contributed by atoms with Crippen LogP contribution < -0.4 is 5.32 Å². The van der Waals surface area contributed by atoms with Gasteiger partial charge in [0.2, 0.25) is 5.82 Å². The molecule has 25 heavy (non-hydrogen) atoms. The van der Waals surface area contributed by atoms with Crippen molar-refractivity contribution >= 4 is 17.4 Å². The highest BCUT2D eigenvalue weighted by Crippen LogP contribution is 2.14. The number of aromatic nitrogens is 4. The molecule has 1 fully saturated rings. The van der Waals surface area contributed by atoms with Gasteiger partial charge in [-0.25, -0.2) is 9.50 Å². The molecule has 3 aromatic rings. The van der Waals surface area contributed by atoms with Crippen LogP contribution in [0.25, 0.3) is 5.78 Å². The summed E-state index contributed by atoms with van der Waals surface area (Å²) in [6, 6.07) is 9.55. The molecule has 3 heterocycles. The lowest BCUT2D eigenvalue weighted by Crippen LogP contribution is -2.35. The van der Waals surface area contributed by atoms with E-state index in [9.17, 15) is 4.79 Å². The summed E-state index contributed by atoms with van der Waals surface area (Å²) in [6.07, 6.45) is 3.32. The normalized spacial score (nSPS) is 15.4. The first-order chi connectivity index (χ1) is 12.3. The highest BCUT2D eigenvalue weighted by molar-refractivity contribution is 6.01. The SMILES string of the molecule is O=C(Nc1cccc(CN2CCOCC2)c1)c1nc2ncccn2n1. The zero-order valence-corrected chi connectivity index (χ0v) is 13.6. The number of rotatable bonds is 4. The molecule has 1 N–H and O–H groups in total. The van der Waals surface area contributed by atoms with E-state index in [-0.39, 0.29) is 11.7 Å². The molecule has 1 saturated heterocycles. The summed E-state index contributed by atoms with van der Waals surface area (Å²) in [6.45, 7) is 4.22. The molecule has 1 aliphatic heterocycles. The molecule has 1 amide bonds. The van der Waals surface area contributed by atoms with Gasteiger partial charge in [-0.2, -0.15) is 4.98 Å². The summed E-state index contributed by atoms with van der Waals surface area (Å²) < 4.78 is 6.84. The third-order valence-electron chi connectivity index (χ3n) is 4.01. The molecule has 0 radical (unpaired) electrons. The Labute approximate surface area is 144 Å². The number of carbonyl (C=O) groups is 1. The number of anilines is 1. The molecule has 0 unspecified atom stereocenters. The molecular weight excluding hydrogens is 320 g/mol. The number of hydrogen-bond acceptors (Lipinski definition) is 6. The van der Waals surface area contributed by atoms with Gasteiger partial charge in [-0.3, -0.25) is 9.69 Å². The summed E-state index contributed by atoms with van der Waals surface area (Å²) in [5, 5.41) is 6.98. The number of morpholine rings is 1. The topological polar surface area (TPSA) is 84.7 Å². The van der Waals surface area contributed by atoms with Crippen LogP contribution in [0.3, 0.4) is 0 Å². The number of amides is 1. The van der Waals surface area contributed by atoms with Crippen molar-refractivity contribution in [1.82, 2.24) is 24.5 Å². The number of nitrogens with zero attached hydrogens (tertiary/aromatic N) is 5. The first-order valence-electron chi connectivity index (χ1n) is 8.16. The summed E-state index contributed by atoms with van der Waals surface area (Å²) >= 11 is 0. The van der Waals surface area contributed by atoms with Crippen molar-refractivity contribution in [3.05, 3.63) is 54.1 Å². The fraction of sp³-hybridized carbons (Fsp3) is 0.294. The molecule has 4 rings (SSSR count). The number of hydrogen-bond donors (Lipinski definition) is 1. The lowest BCUT2D eigenvalue weighted by atomic mass is 10.2. The lowest BCUT2D eigenvalue weighted by Gasteiger charge is -2.26.